The maximum Gasteiger partial charge on any atom is 0.416 e. The van der Waals surface area contributed by atoms with Gasteiger partial charge in [-0.3, -0.25) is 4.79 Å². The Morgan fingerprint density at radius 3 is 2.50 bits per heavy atom. The lowest BCUT2D eigenvalue weighted by atomic mass is 10.1. The monoisotopic (exact) mass is 491 g/mol. The number of hydrogen-bond donors (Lipinski definition) is 1. The molecule has 7 nitrogen and oxygen atoms in total. The molecule has 0 bridgehead atoms. The van der Waals surface area contributed by atoms with E-state index in [4.69, 9.17) is 4.74 Å². The number of aromatic nitrogens is 3. The number of aryl methyl sites for hydroxylation is 1. The molecule has 0 saturated carbocycles. The van der Waals surface area contributed by atoms with Crippen LogP contribution >= 0.6 is 11.8 Å². The van der Waals surface area contributed by atoms with Gasteiger partial charge in [0.25, 0.3) is 0 Å². The maximum atomic E-state index is 13.3. The lowest BCUT2D eigenvalue weighted by Crippen LogP contribution is -2.37. The van der Waals surface area contributed by atoms with Crippen molar-refractivity contribution in [3.05, 3.63) is 53.6 Å². The van der Waals surface area contributed by atoms with Crippen molar-refractivity contribution < 1.29 is 22.7 Å². The highest BCUT2D eigenvalue weighted by atomic mass is 32.2. The number of carbonyl (C=O) groups excluding carboxylic acids is 1. The number of ether oxygens (including phenoxy) is 1. The van der Waals surface area contributed by atoms with Crippen LogP contribution in [0.4, 0.5) is 24.5 Å². The van der Waals surface area contributed by atoms with Gasteiger partial charge in [0, 0.05) is 25.7 Å². The SMILES string of the molecule is Cc1ccc(-c2nnc(SCC(=O)Nc3cc(C(F)(F)F)ccc3N3CCOCC3)n2C)cc1. The minimum absolute atomic E-state index is 0.0291. The van der Waals surface area contributed by atoms with E-state index in [0.29, 0.717) is 43.0 Å². The molecule has 1 saturated heterocycles. The smallest absolute Gasteiger partial charge is 0.378 e. The Hall–Kier alpha value is -3.05. The van der Waals surface area contributed by atoms with E-state index in [1.54, 1.807) is 11.6 Å². The minimum Gasteiger partial charge on any atom is -0.378 e. The summed E-state index contributed by atoms with van der Waals surface area (Å²) in [4.78, 5) is 14.6. The predicted molar refractivity (Wildman–Crippen MR) is 125 cm³/mol. The van der Waals surface area contributed by atoms with Crippen LogP contribution in [0, 0.1) is 6.92 Å². The molecule has 3 aromatic rings. The molecular formula is C23H24F3N5O2S. The van der Waals surface area contributed by atoms with E-state index < -0.39 is 17.6 Å². The summed E-state index contributed by atoms with van der Waals surface area (Å²) in [7, 11) is 1.80. The Balaban J connectivity index is 1.48. The first-order valence-electron chi connectivity index (χ1n) is 10.7. The number of alkyl halides is 3. The summed E-state index contributed by atoms with van der Waals surface area (Å²) in [6.07, 6.45) is -4.51. The fraction of sp³-hybridized carbons (Fsp3) is 0.348. The zero-order chi connectivity index (χ0) is 24.3. The van der Waals surface area contributed by atoms with Crippen molar-refractivity contribution in [2.45, 2.75) is 18.3 Å². The van der Waals surface area contributed by atoms with Gasteiger partial charge in [-0.1, -0.05) is 41.6 Å². The number of thioether (sulfide) groups is 1. The summed E-state index contributed by atoms with van der Waals surface area (Å²) in [6.45, 7) is 4.00. The minimum atomic E-state index is -4.51. The Morgan fingerprint density at radius 1 is 1.12 bits per heavy atom. The quantitative estimate of drug-likeness (QED) is 0.516. The zero-order valence-electron chi connectivity index (χ0n) is 18.7. The topological polar surface area (TPSA) is 72.3 Å². The zero-order valence-corrected chi connectivity index (χ0v) is 19.5. The highest BCUT2D eigenvalue weighted by molar-refractivity contribution is 7.99. The Bertz CT molecular complexity index is 1160. The van der Waals surface area contributed by atoms with Gasteiger partial charge in [0.2, 0.25) is 5.91 Å². The molecule has 0 unspecified atom stereocenters. The number of rotatable bonds is 6. The van der Waals surface area contributed by atoms with E-state index in [2.05, 4.69) is 15.5 Å². The number of halogens is 3. The first-order chi connectivity index (χ1) is 16.2. The highest BCUT2D eigenvalue weighted by Gasteiger charge is 2.32. The van der Waals surface area contributed by atoms with E-state index in [0.717, 1.165) is 23.3 Å². The highest BCUT2D eigenvalue weighted by Crippen LogP contribution is 2.36. The van der Waals surface area contributed by atoms with E-state index >= 15 is 0 Å². The van der Waals surface area contributed by atoms with Crippen LogP contribution in [0.3, 0.4) is 0 Å². The van der Waals surface area contributed by atoms with Crippen LogP contribution in [-0.2, 0) is 22.8 Å². The van der Waals surface area contributed by atoms with Crippen LogP contribution in [0.1, 0.15) is 11.1 Å². The van der Waals surface area contributed by atoms with Crippen molar-refractivity contribution in [3.63, 3.8) is 0 Å². The Morgan fingerprint density at radius 2 is 1.82 bits per heavy atom. The standard InChI is InChI=1S/C23H24F3N5O2S/c1-15-3-5-16(6-4-15)21-28-29-22(30(21)2)34-14-20(32)27-18-13-17(23(24,25)26)7-8-19(18)31-9-11-33-12-10-31/h3-8,13H,9-12,14H2,1-2H3,(H,27,32). The normalized spacial score (nSPS) is 14.3. The van der Waals surface area contributed by atoms with Crippen molar-refractivity contribution >= 4 is 29.0 Å². The van der Waals surface area contributed by atoms with Crippen LogP contribution in [0.2, 0.25) is 0 Å². The molecule has 1 amide bonds. The Kier molecular flexibility index (Phi) is 7.13. The molecule has 0 aliphatic carbocycles. The van der Waals surface area contributed by atoms with Crippen molar-refractivity contribution in [2.75, 3.05) is 42.3 Å². The van der Waals surface area contributed by atoms with E-state index in [9.17, 15) is 18.0 Å². The van der Waals surface area contributed by atoms with Crippen LogP contribution in [-0.4, -0.2) is 52.7 Å². The molecule has 0 radical (unpaired) electrons. The summed E-state index contributed by atoms with van der Waals surface area (Å²) in [5, 5.41) is 11.6. The first kappa shape index (κ1) is 24.1. The van der Waals surface area contributed by atoms with Crippen molar-refractivity contribution in [3.8, 4) is 11.4 Å². The van der Waals surface area contributed by atoms with Crippen molar-refractivity contribution in [2.24, 2.45) is 7.05 Å². The van der Waals surface area contributed by atoms with Gasteiger partial charge in [0.05, 0.1) is 35.9 Å². The Labute approximate surface area is 199 Å². The third kappa shape index (κ3) is 5.53. The molecule has 0 atom stereocenters. The predicted octanol–water partition coefficient (Wildman–Crippen LogP) is 4.38. The molecule has 2 heterocycles. The first-order valence-corrected chi connectivity index (χ1v) is 11.6. The van der Waals surface area contributed by atoms with Gasteiger partial charge in [-0.2, -0.15) is 13.2 Å². The van der Waals surface area contributed by atoms with Crippen LogP contribution in [0.15, 0.2) is 47.6 Å². The summed E-state index contributed by atoms with van der Waals surface area (Å²) >= 11 is 1.17. The molecule has 1 aromatic heterocycles. The van der Waals surface area contributed by atoms with E-state index in [1.807, 2.05) is 36.1 Å². The summed E-state index contributed by atoms with van der Waals surface area (Å²) in [6, 6.07) is 11.2. The molecule has 4 rings (SSSR count). The number of morpholine rings is 1. The molecule has 2 aromatic carbocycles. The van der Waals surface area contributed by atoms with Crippen LogP contribution in [0.25, 0.3) is 11.4 Å². The van der Waals surface area contributed by atoms with Crippen molar-refractivity contribution in [1.29, 1.82) is 0 Å². The second-order valence-corrected chi connectivity index (χ2v) is 8.84. The average Bonchev–Trinajstić information content (AvgIpc) is 3.18. The second-order valence-electron chi connectivity index (χ2n) is 7.90. The molecule has 1 aliphatic heterocycles. The number of nitrogens with zero attached hydrogens (tertiary/aromatic N) is 4. The molecule has 0 spiro atoms. The molecule has 1 aliphatic rings. The molecule has 34 heavy (non-hydrogen) atoms. The number of benzene rings is 2. The van der Waals surface area contributed by atoms with Crippen LogP contribution in [0.5, 0.6) is 0 Å². The number of anilines is 2. The fourth-order valence-electron chi connectivity index (χ4n) is 3.60. The summed E-state index contributed by atoms with van der Waals surface area (Å²) in [5.74, 6) is 0.202. The van der Waals surface area contributed by atoms with Gasteiger partial charge in [-0.15, -0.1) is 10.2 Å². The molecule has 1 N–H and O–H groups in total. The van der Waals surface area contributed by atoms with E-state index in [-0.39, 0.29) is 11.4 Å². The summed E-state index contributed by atoms with van der Waals surface area (Å²) in [5.41, 5.74) is 1.87. The maximum absolute atomic E-state index is 13.3. The summed E-state index contributed by atoms with van der Waals surface area (Å²) < 4.78 is 47.0. The van der Waals surface area contributed by atoms with Gasteiger partial charge in [-0.05, 0) is 25.1 Å². The second kappa shape index (κ2) is 10.1. The fourth-order valence-corrected chi connectivity index (χ4v) is 4.31. The molecular weight excluding hydrogens is 467 g/mol. The lowest BCUT2D eigenvalue weighted by molar-refractivity contribution is -0.137. The molecule has 1 fully saturated rings. The van der Waals surface area contributed by atoms with Gasteiger partial charge in [0.15, 0.2) is 11.0 Å². The van der Waals surface area contributed by atoms with Gasteiger partial charge in [0.1, 0.15) is 0 Å². The lowest BCUT2D eigenvalue weighted by Gasteiger charge is -2.31. The van der Waals surface area contributed by atoms with Crippen molar-refractivity contribution in [1.82, 2.24) is 14.8 Å². The largest absolute Gasteiger partial charge is 0.416 e. The number of amides is 1. The number of hydrogen-bond acceptors (Lipinski definition) is 6. The number of carbonyl (C=O) groups is 1. The molecule has 11 heteroatoms. The average molecular weight is 492 g/mol. The number of nitrogens with one attached hydrogen (secondary N) is 1. The van der Waals surface area contributed by atoms with Gasteiger partial charge < -0.3 is 19.5 Å². The van der Waals surface area contributed by atoms with Crippen LogP contribution < -0.4 is 10.2 Å². The molecule has 180 valence electrons. The van der Waals surface area contributed by atoms with Gasteiger partial charge in [-0.25, -0.2) is 0 Å². The third-order valence-corrected chi connectivity index (χ3v) is 6.45. The third-order valence-electron chi connectivity index (χ3n) is 5.43. The van der Waals surface area contributed by atoms with Gasteiger partial charge >= 0.3 is 6.18 Å². The van der Waals surface area contributed by atoms with E-state index in [1.165, 1.54) is 17.8 Å².